The molecule has 0 fully saturated rings. The van der Waals surface area contributed by atoms with E-state index in [4.69, 9.17) is 18.0 Å². The molecule has 1 aromatic rings. The third-order valence-electron chi connectivity index (χ3n) is 2.66. The highest BCUT2D eigenvalue weighted by molar-refractivity contribution is 7.95. The Hall–Kier alpha value is -1.21. The van der Waals surface area contributed by atoms with E-state index in [1.807, 2.05) is 6.92 Å². The van der Waals surface area contributed by atoms with Gasteiger partial charge in [0.25, 0.3) is 0 Å². The van der Waals surface area contributed by atoms with Gasteiger partial charge in [-0.2, -0.15) is 0 Å². The summed E-state index contributed by atoms with van der Waals surface area (Å²) in [5.41, 5.74) is 7.38. The summed E-state index contributed by atoms with van der Waals surface area (Å²) in [6.45, 7) is 5.28. The predicted molar refractivity (Wildman–Crippen MR) is 77.1 cm³/mol. The molecule has 1 heterocycles. The van der Waals surface area contributed by atoms with Gasteiger partial charge in [0.1, 0.15) is 5.25 Å². The molecule has 7 heteroatoms. The smallest absolute Gasteiger partial charge is 0.242 e. The van der Waals surface area contributed by atoms with E-state index in [0.29, 0.717) is 17.8 Å². The van der Waals surface area contributed by atoms with Crippen LogP contribution in [-0.2, 0) is 10.0 Å². The van der Waals surface area contributed by atoms with Crippen LogP contribution in [0.25, 0.3) is 0 Å². The minimum absolute atomic E-state index is 0.0239. The summed E-state index contributed by atoms with van der Waals surface area (Å²) in [6.07, 6.45) is 1.97. The van der Waals surface area contributed by atoms with Crippen LogP contribution in [0.2, 0.25) is 0 Å². The van der Waals surface area contributed by atoms with Gasteiger partial charge in [-0.15, -0.1) is 0 Å². The first-order valence-electron chi connectivity index (χ1n) is 5.52. The van der Waals surface area contributed by atoms with Gasteiger partial charge < -0.3 is 5.73 Å². The van der Waals surface area contributed by atoms with Gasteiger partial charge in [0.05, 0.1) is 16.4 Å². The Bertz CT molecular complexity index is 535. The lowest BCUT2D eigenvalue weighted by atomic mass is 10.2. The second-order valence-electron chi connectivity index (χ2n) is 4.03. The number of nitrogens with one attached hydrogen (secondary N) is 1. The van der Waals surface area contributed by atoms with E-state index in [1.54, 1.807) is 26.1 Å². The van der Waals surface area contributed by atoms with Crippen molar-refractivity contribution in [2.45, 2.75) is 32.4 Å². The number of nitrogens with zero attached hydrogens (tertiary/aromatic N) is 1. The number of sulfonamides is 1. The van der Waals surface area contributed by atoms with Gasteiger partial charge in [-0.05, 0) is 31.9 Å². The molecule has 3 N–H and O–H groups in total. The molecular weight excluding hydrogens is 270 g/mol. The molecule has 1 rings (SSSR count). The molecule has 0 spiro atoms. The highest BCUT2D eigenvalue weighted by Gasteiger charge is 2.27. The van der Waals surface area contributed by atoms with Gasteiger partial charge in [0.2, 0.25) is 10.0 Å². The van der Waals surface area contributed by atoms with E-state index in [0.717, 1.165) is 5.56 Å². The number of thiocarbonyl (C=S) groups is 1. The first kappa shape index (κ1) is 14.8. The van der Waals surface area contributed by atoms with Gasteiger partial charge in [-0.3, -0.25) is 9.71 Å². The van der Waals surface area contributed by atoms with Crippen LogP contribution in [0.1, 0.15) is 24.6 Å². The highest BCUT2D eigenvalue weighted by Crippen LogP contribution is 2.20. The Morgan fingerprint density at radius 1 is 1.56 bits per heavy atom. The van der Waals surface area contributed by atoms with Crippen molar-refractivity contribution in [2.24, 2.45) is 5.73 Å². The van der Waals surface area contributed by atoms with Crippen LogP contribution < -0.4 is 10.5 Å². The van der Waals surface area contributed by atoms with Gasteiger partial charge in [-0.1, -0.05) is 19.1 Å². The average molecular weight is 287 g/mol. The van der Waals surface area contributed by atoms with Crippen LogP contribution in [0.15, 0.2) is 12.3 Å². The topological polar surface area (TPSA) is 85.1 Å². The van der Waals surface area contributed by atoms with Gasteiger partial charge in [0, 0.05) is 6.20 Å². The van der Waals surface area contributed by atoms with Crippen molar-refractivity contribution >= 4 is 32.9 Å². The van der Waals surface area contributed by atoms with Crippen LogP contribution in [0.4, 0.5) is 5.69 Å². The molecule has 1 aromatic heterocycles. The van der Waals surface area contributed by atoms with Crippen LogP contribution >= 0.6 is 12.2 Å². The van der Waals surface area contributed by atoms with Gasteiger partial charge in [0.15, 0.2) is 0 Å². The third kappa shape index (κ3) is 3.17. The Kier molecular flexibility index (Phi) is 4.64. The Morgan fingerprint density at radius 3 is 2.61 bits per heavy atom. The zero-order valence-electron chi connectivity index (χ0n) is 10.6. The number of anilines is 1. The van der Waals surface area contributed by atoms with Crippen LogP contribution in [0, 0.1) is 13.8 Å². The van der Waals surface area contributed by atoms with E-state index < -0.39 is 15.3 Å². The molecule has 0 saturated carbocycles. The maximum Gasteiger partial charge on any atom is 0.242 e. The summed E-state index contributed by atoms with van der Waals surface area (Å²) in [5, 5.41) is -0.869. The fourth-order valence-corrected chi connectivity index (χ4v) is 3.66. The highest BCUT2D eigenvalue weighted by atomic mass is 32.2. The average Bonchev–Trinajstić information content (AvgIpc) is 2.23. The molecule has 1 atom stereocenters. The Balaban J connectivity index is 3.14. The SMILES string of the molecule is CCC(C(N)=S)S(=O)(=O)Nc1c(C)ccnc1C. The normalized spacial score (nSPS) is 13.1. The van der Waals surface area contributed by atoms with Crippen molar-refractivity contribution in [1.82, 2.24) is 4.98 Å². The molecule has 18 heavy (non-hydrogen) atoms. The fraction of sp³-hybridized carbons (Fsp3) is 0.455. The lowest BCUT2D eigenvalue weighted by Gasteiger charge is -2.18. The number of pyridine rings is 1. The van der Waals surface area contributed by atoms with Crippen molar-refractivity contribution < 1.29 is 8.42 Å². The Labute approximate surface area is 113 Å². The molecule has 100 valence electrons. The standard InChI is InChI=1S/C11H17N3O2S2/c1-4-9(11(12)17)18(15,16)14-10-7(2)5-6-13-8(10)3/h5-6,9,14H,4H2,1-3H3,(H2,12,17). The summed E-state index contributed by atoms with van der Waals surface area (Å²) >= 11 is 4.79. The van der Waals surface area contributed by atoms with Crippen molar-refractivity contribution in [2.75, 3.05) is 4.72 Å². The van der Waals surface area contributed by atoms with Crippen molar-refractivity contribution in [1.29, 1.82) is 0 Å². The first-order chi connectivity index (χ1) is 8.29. The summed E-state index contributed by atoms with van der Waals surface area (Å²) in [6, 6.07) is 1.74. The van der Waals surface area contributed by atoms with E-state index in [-0.39, 0.29) is 4.99 Å². The van der Waals surface area contributed by atoms with Crippen LogP contribution in [-0.4, -0.2) is 23.6 Å². The molecule has 0 saturated heterocycles. The second kappa shape index (κ2) is 5.62. The summed E-state index contributed by atoms with van der Waals surface area (Å²) < 4.78 is 26.9. The largest absolute Gasteiger partial charge is 0.392 e. The summed E-state index contributed by atoms with van der Waals surface area (Å²) in [5.74, 6) is 0. The molecule has 0 bridgehead atoms. The van der Waals surface area contributed by atoms with Crippen LogP contribution in [0.5, 0.6) is 0 Å². The maximum atomic E-state index is 12.2. The number of nitrogens with two attached hydrogens (primary N) is 1. The number of aromatic nitrogens is 1. The zero-order valence-corrected chi connectivity index (χ0v) is 12.2. The quantitative estimate of drug-likeness (QED) is 0.802. The van der Waals surface area contributed by atoms with E-state index in [2.05, 4.69) is 9.71 Å². The predicted octanol–water partition coefficient (Wildman–Crippen LogP) is 1.50. The van der Waals surface area contributed by atoms with E-state index in [1.165, 1.54) is 0 Å². The third-order valence-corrected chi connectivity index (χ3v) is 4.91. The number of hydrogen-bond acceptors (Lipinski definition) is 4. The lowest BCUT2D eigenvalue weighted by molar-refractivity contribution is 0.594. The second-order valence-corrected chi connectivity index (χ2v) is 6.37. The number of rotatable bonds is 5. The first-order valence-corrected chi connectivity index (χ1v) is 7.48. The molecule has 0 amide bonds. The molecule has 0 radical (unpaired) electrons. The van der Waals surface area contributed by atoms with Gasteiger partial charge >= 0.3 is 0 Å². The lowest BCUT2D eigenvalue weighted by Crippen LogP contribution is -2.38. The maximum absolute atomic E-state index is 12.2. The minimum atomic E-state index is -3.63. The summed E-state index contributed by atoms with van der Waals surface area (Å²) in [4.78, 5) is 4.04. The fourth-order valence-electron chi connectivity index (χ4n) is 1.64. The summed E-state index contributed by atoms with van der Waals surface area (Å²) in [7, 11) is -3.63. The Morgan fingerprint density at radius 2 is 2.17 bits per heavy atom. The monoisotopic (exact) mass is 287 g/mol. The van der Waals surface area contributed by atoms with Crippen molar-refractivity contribution in [3.8, 4) is 0 Å². The molecule has 5 nitrogen and oxygen atoms in total. The van der Waals surface area contributed by atoms with E-state index in [9.17, 15) is 8.42 Å². The molecule has 0 aromatic carbocycles. The molecule has 1 unspecified atom stereocenters. The molecule has 0 aliphatic carbocycles. The number of aryl methyl sites for hydroxylation is 2. The molecule has 0 aliphatic rings. The van der Waals surface area contributed by atoms with Crippen LogP contribution in [0.3, 0.4) is 0 Å². The molecule has 0 aliphatic heterocycles. The van der Waals surface area contributed by atoms with Crippen molar-refractivity contribution in [3.05, 3.63) is 23.5 Å². The zero-order chi connectivity index (χ0) is 13.9. The minimum Gasteiger partial charge on any atom is -0.392 e. The number of hydrogen-bond donors (Lipinski definition) is 2. The van der Waals surface area contributed by atoms with E-state index >= 15 is 0 Å². The molecular formula is C11H17N3O2S2. The van der Waals surface area contributed by atoms with Crippen molar-refractivity contribution in [3.63, 3.8) is 0 Å². The van der Waals surface area contributed by atoms with Gasteiger partial charge in [-0.25, -0.2) is 8.42 Å².